The van der Waals surface area contributed by atoms with Crippen molar-refractivity contribution >= 4 is 22.9 Å². The highest BCUT2D eigenvalue weighted by Crippen LogP contribution is 2.37. The van der Waals surface area contributed by atoms with Crippen LogP contribution in [0.1, 0.15) is 76.0 Å². The number of rotatable bonds is 9. The van der Waals surface area contributed by atoms with Gasteiger partial charge < -0.3 is 10.2 Å². The first-order valence-electron chi connectivity index (χ1n) is 13.7. The third kappa shape index (κ3) is 6.61. The summed E-state index contributed by atoms with van der Waals surface area (Å²) >= 11 is 0. The molecule has 0 saturated carbocycles. The molecule has 1 fully saturated rings. The first-order valence-corrected chi connectivity index (χ1v) is 13.7. The van der Waals surface area contributed by atoms with E-state index in [9.17, 15) is 8.78 Å². The standard InChI is InChI=1S/C29H36F2N4.C2H5F/c1-6-11-22(7-2)16-23-17-27(35-21(5)34-15-9-8-14-28(34)33-35)26(31)18-24(23)20(4)32-29-19(3)12-10-13-25(29)30;1-2-3/h10,12-13,17-18,22,32H,4-9,11,14-16H2,1-3H3;2H2,1H3. The second-order valence-electron chi connectivity index (χ2n) is 9.88. The van der Waals surface area contributed by atoms with Gasteiger partial charge in [-0.15, -0.1) is 0 Å². The zero-order valence-electron chi connectivity index (χ0n) is 23.2. The fourth-order valence-corrected chi connectivity index (χ4v) is 5.07. The van der Waals surface area contributed by atoms with Gasteiger partial charge in [0.1, 0.15) is 29.0 Å². The monoisotopic (exact) mass is 526 g/mol. The van der Waals surface area contributed by atoms with E-state index in [1.165, 1.54) is 19.1 Å². The van der Waals surface area contributed by atoms with Crippen LogP contribution in [0.4, 0.5) is 24.5 Å². The lowest BCUT2D eigenvalue weighted by atomic mass is 9.89. The van der Waals surface area contributed by atoms with Crippen LogP contribution >= 0.6 is 0 Å². The topological polar surface area (TPSA) is 30.9 Å². The van der Waals surface area contributed by atoms with Crippen molar-refractivity contribution in [3.8, 4) is 0 Å². The number of hydrogen-bond donors (Lipinski definition) is 1. The Labute approximate surface area is 225 Å². The van der Waals surface area contributed by atoms with Crippen molar-refractivity contribution in [2.45, 2.75) is 72.6 Å². The average molecular weight is 527 g/mol. The van der Waals surface area contributed by atoms with Crippen LogP contribution < -0.4 is 10.3 Å². The van der Waals surface area contributed by atoms with E-state index >= 15 is 4.39 Å². The van der Waals surface area contributed by atoms with Crippen LogP contribution in [0, 0.1) is 24.5 Å². The number of nitrogens with zero attached hydrogens (tertiary/aromatic N) is 3. The van der Waals surface area contributed by atoms with Gasteiger partial charge in [-0.1, -0.05) is 58.4 Å². The van der Waals surface area contributed by atoms with Gasteiger partial charge >= 0.3 is 0 Å². The molecule has 1 unspecified atom stereocenters. The number of anilines is 2. The van der Waals surface area contributed by atoms with Gasteiger partial charge in [-0.05, 0) is 68.4 Å². The van der Waals surface area contributed by atoms with Crippen LogP contribution in [-0.2, 0) is 6.42 Å². The zero-order chi connectivity index (χ0) is 27.8. The number of piperidine rings is 1. The summed E-state index contributed by atoms with van der Waals surface area (Å²) in [6.45, 7) is 16.7. The van der Waals surface area contributed by atoms with Crippen molar-refractivity contribution in [1.29, 1.82) is 0 Å². The number of benzene rings is 2. The van der Waals surface area contributed by atoms with Gasteiger partial charge in [-0.2, -0.15) is 5.10 Å². The summed E-state index contributed by atoms with van der Waals surface area (Å²) < 4.78 is 40.5. The van der Waals surface area contributed by atoms with Crippen LogP contribution in [0.2, 0.25) is 0 Å². The molecule has 2 aromatic carbocycles. The maximum atomic E-state index is 15.6. The minimum Gasteiger partial charge on any atom is -0.353 e. The van der Waals surface area contributed by atoms with Crippen LogP contribution in [0.25, 0.3) is 5.70 Å². The van der Waals surface area contributed by atoms with Crippen molar-refractivity contribution in [3.05, 3.63) is 77.6 Å². The van der Waals surface area contributed by atoms with E-state index in [0.29, 0.717) is 34.4 Å². The number of para-hydroxylation sites is 1. The molecule has 1 atom stereocenters. The highest BCUT2D eigenvalue weighted by molar-refractivity contribution is 5.89. The Balaban J connectivity index is 0.00000127. The summed E-state index contributed by atoms with van der Waals surface area (Å²) in [4.78, 5) is 2.09. The molecule has 0 bridgehead atoms. The van der Waals surface area contributed by atoms with Gasteiger partial charge in [0.05, 0.1) is 12.4 Å². The van der Waals surface area contributed by atoms with Crippen LogP contribution in [0.5, 0.6) is 0 Å². The Morgan fingerprint density at radius 2 is 1.87 bits per heavy atom. The Hall–Kier alpha value is -3.22. The molecule has 0 amide bonds. The first-order chi connectivity index (χ1) is 18.2. The number of nitrogens with one attached hydrogen (secondary N) is 1. The predicted molar refractivity (Wildman–Crippen MR) is 154 cm³/mol. The molecule has 4 rings (SSSR count). The Bertz CT molecular complexity index is 1150. The van der Waals surface area contributed by atoms with Crippen LogP contribution in [0.3, 0.4) is 0 Å². The van der Waals surface area contributed by atoms with E-state index in [0.717, 1.165) is 68.5 Å². The summed E-state index contributed by atoms with van der Waals surface area (Å²) in [5.41, 5.74) is 3.66. The van der Waals surface area contributed by atoms with Gasteiger partial charge in [-0.3, -0.25) is 4.39 Å². The molecular weight excluding hydrogens is 485 g/mol. The predicted octanol–water partition coefficient (Wildman–Crippen LogP) is 8.79. The van der Waals surface area contributed by atoms with E-state index in [4.69, 9.17) is 5.10 Å². The second kappa shape index (κ2) is 13.5. The average Bonchev–Trinajstić information content (AvgIpc) is 3.23. The first kappa shape index (κ1) is 29.3. The van der Waals surface area contributed by atoms with Gasteiger partial charge in [0.15, 0.2) is 0 Å². The largest absolute Gasteiger partial charge is 0.353 e. The summed E-state index contributed by atoms with van der Waals surface area (Å²) in [5, 5.41) is 9.47. The molecule has 4 nitrogen and oxygen atoms in total. The molecule has 0 aliphatic carbocycles. The third-order valence-electron chi connectivity index (χ3n) is 7.12. The Morgan fingerprint density at radius 1 is 1.13 bits per heavy atom. The van der Waals surface area contributed by atoms with Gasteiger partial charge in [0.2, 0.25) is 0 Å². The number of hydrogen-bond acceptors (Lipinski definition) is 4. The lowest BCUT2D eigenvalue weighted by Crippen LogP contribution is -2.32. The van der Waals surface area contributed by atoms with Gasteiger partial charge in [0.25, 0.3) is 0 Å². The molecule has 2 heterocycles. The molecular formula is C31H41F3N4. The zero-order valence-corrected chi connectivity index (χ0v) is 23.2. The minimum atomic E-state index is -0.397. The molecule has 1 N–H and O–H groups in total. The lowest BCUT2D eigenvalue weighted by molar-refractivity contribution is 0.453. The minimum absolute atomic E-state index is 0.250. The van der Waals surface area contributed by atoms with Crippen LogP contribution in [0.15, 0.2) is 54.4 Å². The molecule has 2 aromatic rings. The van der Waals surface area contributed by atoms with E-state index in [-0.39, 0.29) is 12.5 Å². The SMILES string of the molecule is C=C(Nc1c(C)cccc1F)c1cc(F)c(N2N=C3CCCCN3C2=C)cc1CC(CC)CCC.CCF. The number of aryl methyl sites for hydroxylation is 1. The molecule has 38 heavy (non-hydrogen) atoms. The van der Waals surface area contributed by atoms with Crippen molar-refractivity contribution in [2.75, 3.05) is 23.5 Å². The molecule has 0 aromatic heterocycles. The van der Waals surface area contributed by atoms with Crippen molar-refractivity contribution in [1.82, 2.24) is 4.90 Å². The molecule has 7 heteroatoms. The van der Waals surface area contributed by atoms with Crippen molar-refractivity contribution in [2.24, 2.45) is 11.0 Å². The quantitative estimate of drug-likeness (QED) is 0.354. The van der Waals surface area contributed by atoms with Crippen molar-refractivity contribution < 1.29 is 13.2 Å². The number of alkyl halides is 1. The normalized spacial score (nSPS) is 15.4. The summed E-state index contributed by atoms with van der Waals surface area (Å²) in [6.07, 6.45) is 7.01. The van der Waals surface area contributed by atoms with Crippen LogP contribution in [-0.4, -0.2) is 24.0 Å². The fourth-order valence-electron chi connectivity index (χ4n) is 5.07. The van der Waals surface area contributed by atoms with E-state index in [1.54, 1.807) is 11.1 Å². The van der Waals surface area contributed by atoms with E-state index in [2.05, 4.69) is 37.2 Å². The lowest BCUT2D eigenvalue weighted by Gasteiger charge is -2.27. The second-order valence-corrected chi connectivity index (χ2v) is 9.88. The number of amidine groups is 1. The van der Waals surface area contributed by atoms with Gasteiger partial charge in [-0.25, -0.2) is 13.8 Å². The fraction of sp³-hybridized carbons (Fsp3) is 0.452. The van der Waals surface area contributed by atoms with E-state index < -0.39 is 5.82 Å². The summed E-state index contributed by atoms with van der Waals surface area (Å²) in [5.74, 6) is 1.34. The molecule has 2 aliphatic rings. The van der Waals surface area contributed by atoms with Crippen molar-refractivity contribution in [3.63, 3.8) is 0 Å². The van der Waals surface area contributed by atoms with Gasteiger partial charge in [0, 0.05) is 24.2 Å². The van der Waals surface area contributed by atoms with E-state index in [1.807, 2.05) is 19.1 Å². The summed E-state index contributed by atoms with van der Waals surface area (Å²) in [7, 11) is 0. The number of halogens is 3. The molecule has 2 aliphatic heterocycles. The molecule has 206 valence electrons. The maximum Gasteiger partial charge on any atom is 0.149 e. The number of hydrazone groups is 1. The Morgan fingerprint density at radius 3 is 2.50 bits per heavy atom. The summed E-state index contributed by atoms with van der Waals surface area (Å²) in [6, 6.07) is 8.32. The number of fused-ring (bicyclic) bond motifs is 1. The maximum absolute atomic E-state index is 15.6. The molecule has 0 radical (unpaired) electrons. The third-order valence-corrected chi connectivity index (χ3v) is 7.12. The molecule has 1 saturated heterocycles. The Kier molecular flexibility index (Phi) is 10.5. The highest BCUT2D eigenvalue weighted by atomic mass is 19.1. The highest BCUT2D eigenvalue weighted by Gasteiger charge is 2.32. The smallest absolute Gasteiger partial charge is 0.149 e. The molecule has 0 spiro atoms.